The topological polar surface area (TPSA) is 61.4 Å². The van der Waals surface area contributed by atoms with Gasteiger partial charge in [0.2, 0.25) is 10.0 Å². The van der Waals surface area contributed by atoms with E-state index in [0.29, 0.717) is 5.69 Å². The predicted molar refractivity (Wildman–Crippen MR) is 83.8 cm³/mol. The lowest BCUT2D eigenvalue weighted by molar-refractivity contribution is 0.402. The first-order valence-electron chi connectivity index (χ1n) is 6.95. The maximum Gasteiger partial charge on any atom is 0.232 e. The normalized spacial score (nSPS) is 16.9. The molecule has 20 heavy (non-hydrogen) atoms. The summed E-state index contributed by atoms with van der Waals surface area (Å²) in [6.07, 6.45) is 1.86. The number of anilines is 2. The summed E-state index contributed by atoms with van der Waals surface area (Å²) < 4.78 is 27.1. The van der Waals surface area contributed by atoms with Crippen molar-refractivity contribution in [2.75, 3.05) is 42.6 Å². The number of hydrogen-bond acceptors (Lipinski definition) is 4. The molecule has 0 atom stereocenters. The summed E-state index contributed by atoms with van der Waals surface area (Å²) in [5.41, 5.74) is 1.61. The molecule has 1 aliphatic heterocycles. The summed E-state index contributed by atoms with van der Waals surface area (Å²) in [6, 6.07) is 7.44. The van der Waals surface area contributed by atoms with E-state index in [-0.39, 0.29) is 11.7 Å². The van der Waals surface area contributed by atoms with Gasteiger partial charge in [-0.2, -0.15) is 0 Å². The third-order valence-electron chi connectivity index (χ3n) is 3.55. The van der Waals surface area contributed by atoms with E-state index in [2.05, 4.69) is 10.0 Å². The largest absolute Gasteiger partial charge is 0.378 e. The molecule has 1 saturated heterocycles. The van der Waals surface area contributed by atoms with Gasteiger partial charge >= 0.3 is 0 Å². The number of hydrogen-bond donors (Lipinski definition) is 2. The van der Waals surface area contributed by atoms with Crippen molar-refractivity contribution in [3.63, 3.8) is 0 Å². The summed E-state index contributed by atoms with van der Waals surface area (Å²) in [4.78, 5) is 1.95. The molecular weight excluding hydrogens is 274 g/mol. The summed E-state index contributed by atoms with van der Waals surface area (Å²) in [5.74, 6) is 0.465. The fourth-order valence-electron chi connectivity index (χ4n) is 2.43. The fraction of sp³-hybridized carbons (Fsp3) is 0.571. The molecule has 112 valence electrons. The molecule has 1 fully saturated rings. The zero-order valence-corrected chi connectivity index (χ0v) is 12.9. The van der Waals surface area contributed by atoms with Crippen LogP contribution in [0.2, 0.25) is 0 Å². The number of sulfonamides is 1. The highest BCUT2D eigenvalue weighted by Crippen LogP contribution is 2.20. The van der Waals surface area contributed by atoms with E-state index >= 15 is 0 Å². The van der Waals surface area contributed by atoms with E-state index in [1.54, 1.807) is 6.07 Å². The Morgan fingerprint density at radius 2 is 2.00 bits per heavy atom. The molecule has 2 N–H and O–H groups in total. The van der Waals surface area contributed by atoms with Gasteiger partial charge in [-0.1, -0.05) is 6.07 Å². The summed E-state index contributed by atoms with van der Waals surface area (Å²) in [5, 5.41) is 3.25. The maximum absolute atomic E-state index is 12.2. The van der Waals surface area contributed by atoms with E-state index in [0.717, 1.165) is 31.6 Å². The molecule has 5 nitrogen and oxygen atoms in total. The minimum atomic E-state index is -3.27. The summed E-state index contributed by atoms with van der Waals surface area (Å²) in [6.45, 7) is 1.83. The average Bonchev–Trinajstić information content (AvgIpc) is 2.39. The summed E-state index contributed by atoms with van der Waals surface area (Å²) >= 11 is 0. The average molecular weight is 297 g/mol. The lowest BCUT2D eigenvalue weighted by Gasteiger charge is -2.22. The first-order chi connectivity index (χ1) is 9.46. The molecule has 6 heteroatoms. The Bertz CT molecular complexity index is 537. The van der Waals surface area contributed by atoms with Crippen LogP contribution in [0.3, 0.4) is 0 Å². The molecule has 0 saturated carbocycles. The van der Waals surface area contributed by atoms with Crippen LogP contribution in [0.15, 0.2) is 24.3 Å². The minimum absolute atomic E-state index is 0.209. The fourth-order valence-corrected chi connectivity index (χ4v) is 3.95. The van der Waals surface area contributed by atoms with Gasteiger partial charge in [-0.15, -0.1) is 0 Å². The van der Waals surface area contributed by atoms with Crippen LogP contribution in [-0.2, 0) is 10.0 Å². The van der Waals surface area contributed by atoms with Gasteiger partial charge in [0.25, 0.3) is 0 Å². The van der Waals surface area contributed by atoms with Crippen LogP contribution in [0.1, 0.15) is 12.8 Å². The van der Waals surface area contributed by atoms with Crippen LogP contribution in [0, 0.1) is 5.92 Å². The molecule has 0 unspecified atom stereocenters. The van der Waals surface area contributed by atoms with Gasteiger partial charge in [0.05, 0.1) is 11.4 Å². The Labute approximate surface area is 121 Å². The maximum atomic E-state index is 12.2. The van der Waals surface area contributed by atoms with Gasteiger partial charge in [0.15, 0.2) is 0 Å². The number of nitrogens with zero attached hydrogens (tertiary/aromatic N) is 1. The van der Waals surface area contributed by atoms with Crippen molar-refractivity contribution in [2.24, 2.45) is 5.92 Å². The molecule has 0 bridgehead atoms. The van der Waals surface area contributed by atoms with Crippen molar-refractivity contribution < 1.29 is 8.42 Å². The van der Waals surface area contributed by atoms with E-state index in [1.165, 1.54) is 0 Å². The SMILES string of the molecule is CN(C)c1cccc(NS(=O)(=O)CC2CCNCC2)c1. The summed E-state index contributed by atoms with van der Waals surface area (Å²) in [7, 11) is 0.593. The molecule has 0 spiro atoms. The van der Waals surface area contributed by atoms with Crippen molar-refractivity contribution in [3.05, 3.63) is 24.3 Å². The Morgan fingerprint density at radius 1 is 1.30 bits per heavy atom. The number of nitrogens with one attached hydrogen (secondary N) is 2. The van der Waals surface area contributed by atoms with Crippen molar-refractivity contribution in [1.82, 2.24) is 5.32 Å². The molecule has 1 aliphatic rings. The quantitative estimate of drug-likeness (QED) is 0.864. The standard InChI is InChI=1S/C14H23N3O2S/c1-17(2)14-5-3-4-13(10-14)16-20(18,19)11-12-6-8-15-9-7-12/h3-5,10,12,15-16H,6-9,11H2,1-2H3. The van der Waals surface area contributed by atoms with Crippen LogP contribution in [0.4, 0.5) is 11.4 Å². The minimum Gasteiger partial charge on any atom is -0.378 e. The zero-order valence-electron chi connectivity index (χ0n) is 12.1. The molecule has 0 aliphatic carbocycles. The molecular formula is C14H23N3O2S. The third kappa shape index (κ3) is 4.38. The van der Waals surface area contributed by atoms with Gasteiger partial charge < -0.3 is 10.2 Å². The highest BCUT2D eigenvalue weighted by molar-refractivity contribution is 7.92. The molecule has 0 radical (unpaired) electrons. The van der Waals surface area contributed by atoms with Crippen molar-refractivity contribution >= 4 is 21.4 Å². The second-order valence-corrected chi connectivity index (χ2v) is 7.29. The number of benzene rings is 1. The van der Waals surface area contributed by atoms with Gasteiger partial charge in [-0.05, 0) is 50.0 Å². The lowest BCUT2D eigenvalue weighted by atomic mass is 10.0. The van der Waals surface area contributed by atoms with Crippen LogP contribution in [-0.4, -0.2) is 41.4 Å². The van der Waals surface area contributed by atoms with Gasteiger partial charge in [-0.25, -0.2) is 8.42 Å². The highest BCUT2D eigenvalue weighted by atomic mass is 32.2. The molecule has 0 aromatic heterocycles. The van der Waals surface area contributed by atoms with E-state index in [4.69, 9.17) is 0 Å². The van der Waals surface area contributed by atoms with Crippen LogP contribution >= 0.6 is 0 Å². The molecule has 0 amide bonds. The van der Waals surface area contributed by atoms with Gasteiger partial charge in [0.1, 0.15) is 0 Å². The third-order valence-corrected chi connectivity index (χ3v) is 5.01. The second kappa shape index (κ2) is 6.45. The second-order valence-electron chi connectivity index (χ2n) is 5.52. The van der Waals surface area contributed by atoms with Gasteiger partial charge in [-0.3, -0.25) is 4.72 Å². The van der Waals surface area contributed by atoms with E-state index in [9.17, 15) is 8.42 Å². The predicted octanol–water partition coefficient (Wildman–Crippen LogP) is 1.49. The Hall–Kier alpha value is -1.27. The van der Waals surface area contributed by atoms with Crippen LogP contribution in [0.25, 0.3) is 0 Å². The smallest absolute Gasteiger partial charge is 0.232 e. The number of rotatable bonds is 5. The van der Waals surface area contributed by atoms with Crippen molar-refractivity contribution in [1.29, 1.82) is 0 Å². The van der Waals surface area contributed by atoms with Gasteiger partial charge in [0, 0.05) is 19.8 Å². The highest BCUT2D eigenvalue weighted by Gasteiger charge is 2.21. The Morgan fingerprint density at radius 3 is 2.65 bits per heavy atom. The molecule has 1 aromatic rings. The number of piperidine rings is 1. The van der Waals surface area contributed by atoms with Crippen LogP contribution in [0.5, 0.6) is 0 Å². The molecule has 1 heterocycles. The van der Waals surface area contributed by atoms with Crippen molar-refractivity contribution in [3.8, 4) is 0 Å². The molecule has 2 rings (SSSR count). The zero-order chi connectivity index (χ0) is 14.6. The van der Waals surface area contributed by atoms with Crippen LogP contribution < -0.4 is 14.9 Å². The Balaban J connectivity index is 2.02. The first kappa shape index (κ1) is 15.1. The molecule has 1 aromatic carbocycles. The monoisotopic (exact) mass is 297 g/mol. The first-order valence-corrected chi connectivity index (χ1v) is 8.60. The lowest BCUT2D eigenvalue weighted by Crippen LogP contribution is -2.33. The van der Waals surface area contributed by atoms with E-state index in [1.807, 2.05) is 37.2 Å². The van der Waals surface area contributed by atoms with E-state index < -0.39 is 10.0 Å². The Kier molecular flexibility index (Phi) is 4.88. The van der Waals surface area contributed by atoms with Crippen molar-refractivity contribution in [2.45, 2.75) is 12.8 Å².